The van der Waals surface area contributed by atoms with Gasteiger partial charge in [0.1, 0.15) is 23.3 Å². The van der Waals surface area contributed by atoms with Gasteiger partial charge in [-0.25, -0.2) is 17.6 Å². The molecule has 6 aromatic carbocycles. The molecule has 6 aromatic rings. The second-order valence-corrected chi connectivity index (χ2v) is 12.2. The number of fused-ring (bicyclic) bond motifs is 2. The summed E-state index contributed by atoms with van der Waals surface area (Å²) >= 11 is 0. The van der Waals surface area contributed by atoms with Crippen molar-refractivity contribution in [1.29, 1.82) is 0 Å². The van der Waals surface area contributed by atoms with Crippen LogP contribution in [0.25, 0.3) is 54.9 Å². The van der Waals surface area contributed by atoms with Crippen LogP contribution in [0.1, 0.15) is 63.5 Å². The summed E-state index contributed by atoms with van der Waals surface area (Å²) in [5.74, 6) is -2.48. The van der Waals surface area contributed by atoms with E-state index in [1.54, 1.807) is 0 Å². The van der Waals surface area contributed by atoms with Gasteiger partial charge >= 0.3 is 0 Å². The highest BCUT2D eigenvalue weighted by Crippen LogP contribution is 2.47. The second kappa shape index (κ2) is 13.9. The normalized spacial score (nSPS) is 11.5. The molecule has 0 radical (unpaired) electrons. The summed E-state index contributed by atoms with van der Waals surface area (Å²) in [4.78, 5) is 0. The Morgan fingerprint density at radius 1 is 0.435 bits per heavy atom. The molecule has 0 atom stereocenters. The van der Waals surface area contributed by atoms with E-state index in [1.165, 1.54) is 24.3 Å². The molecule has 46 heavy (non-hydrogen) atoms. The molecule has 0 amide bonds. The van der Waals surface area contributed by atoms with Gasteiger partial charge in [-0.05, 0) is 128 Å². The van der Waals surface area contributed by atoms with E-state index in [-0.39, 0.29) is 0 Å². The van der Waals surface area contributed by atoms with Crippen molar-refractivity contribution in [1.82, 2.24) is 0 Å². The average molecular weight is 619 g/mol. The predicted octanol–water partition coefficient (Wildman–Crippen LogP) is 13.0. The van der Waals surface area contributed by atoms with Gasteiger partial charge in [0.25, 0.3) is 0 Å². The van der Waals surface area contributed by atoms with E-state index in [4.69, 9.17) is 0 Å². The summed E-state index contributed by atoms with van der Waals surface area (Å²) in [6.45, 7) is 4.32. The van der Waals surface area contributed by atoms with Crippen molar-refractivity contribution in [2.75, 3.05) is 0 Å². The van der Waals surface area contributed by atoms with Gasteiger partial charge in [-0.3, -0.25) is 0 Å². The van der Waals surface area contributed by atoms with Crippen molar-refractivity contribution in [2.45, 2.75) is 65.2 Å². The zero-order chi connectivity index (χ0) is 32.2. The van der Waals surface area contributed by atoms with Crippen molar-refractivity contribution in [3.63, 3.8) is 0 Å². The fourth-order valence-corrected chi connectivity index (χ4v) is 6.91. The quantitative estimate of drug-likeness (QED) is 0.100. The molecule has 0 N–H and O–H groups in total. The van der Waals surface area contributed by atoms with Crippen LogP contribution in [0.15, 0.2) is 97.1 Å². The fraction of sp³-hybridized carbons (Fsp3) is 0.238. The Kier molecular flexibility index (Phi) is 9.53. The lowest BCUT2D eigenvalue weighted by atomic mass is 9.79. The zero-order valence-electron chi connectivity index (χ0n) is 26.4. The van der Waals surface area contributed by atoms with E-state index >= 15 is 0 Å². The van der Waals surface area contributed by atoms with Crippen LogP contribution in [0.4, 0.5) is 17.6 Å². The zero-order valence-corrected chi connectivity index (χ0v) is 26.4. The summed E-state index contributed by atoms with van der Waals surface area (Å²) < 4.78 is 59.0. The molecule has 0 spiro atoms. The highest BCUT2D eigenvalue weighted by atomic mass is 19.1. The molecule has 0 nitrogen and oxygen atoms in total. The molecule has 0 aliphatic rings. The molecule has 4 heteroatoms. The van der Waals surface area contributed by atoms with Crippen molar-refractivity contribution < 1.29 is 17.6 Å². The molecule has 0 unspecified atom stereocenters. The highest BCUT2D eigenvalue weighted by Gasteiger charge is 2.24. The van der Waals surface area contributed by atoms with Crippen LogP contribution < -0.4 is 0 Å². The van der Waals surface area contributed by atoms with Gasteiger partial charge in [0.05, 0.1) is 0 Å². The van der Waals surface area contributed by atoms with Gasteiger partial charge in [0, 0.05) is 12.1 Å². The fourth-order valence-electron chi connectivity index (χ4n) is 6.91. The molecule has 0 saturated carbocycles. The Labute approximate surface area is 268 Å². The van der Waals surface area contributed by atoms with Crippen LogP contribution in [0.5, 0.6) is 0 Å². The number of benzene rings is 6. The summed E-state index contributed by atoms with van der Waals surface area (Å²) in [5, 5.41) is 4.00. The average Bonchev–Trinajstić information content (AvgIpc) is 3.03. The Balaban J connectivity index is 1.80. The summed E-state index contributed by atoms with van der Waals surface area (Å²) in [7, 11) is 0. The molecule has 0 aromatic heterocycles. The lowest BCUT2D eigenvalue weighted by molar-refractivity contribution is 0.583. The van der Waals surface area contributed by atoms with Crippen LogP contribution >= 0.6 is 0 Å². The third-order valence-corrected chi connectivity index (χ3v) is 8.97. The number of hydrogen-bond donors (Lipinski definition) is 0. The van der Waals surface area contributed by atoms with Crippen molar-refractivity contribution in [3.05, 3.63) is 131 Å². The van der Waals surface area contributed by atoms with E-state index < -0.39 is 23.3 Å². The first-order valence-corrected chi connectivity index (χ1v) is 16.4. The molecule has 234 valence electrons. The largest absolute Gasteiger partial charge is 0.207 e. The molecule has 0 fully saturated rings. The Morgan fingerprint density at radius 3 is 1.17 bits per heavy atom. The van der Waals surface area contributed by atoms with E-state index in [1.807, 2.05) is 36.4 Å². The molecule has 0 aliphatic heterocycles. The first kappa shape index (κ1) is 31.5. The highest BCUT2D eigenvalue weighted by molar-refractivity contribution is 6.11. The van der Waals surface area contributed by atoms with E-state index in [0.29, 0.717) is 24.0 Å². The minimum Gasteiger partial charge on any atom is -0.207 e. The van der Waals surface area contributed by atoms with Gasteiger partial charge in [0.15, 0.2) is 0 Å². The summed E-state index contributed by atoms with van der Waals surface area (Å²) in [6.07, 6.45) is 7.31. The molecule has 6 rings (SSSR count). The first-order valence-electron chi connectivity index (χ1n) is 16.4. The summed E-state index contributed by atoms with van der Waals surface area (Å²) in [5.41, 5.74) is 6.70. The lowest BCUT2D eigenvalue weighted by Crippen LogP contribution is -2.03. The first-order chi connectivity index (χ1) is 22.4. The lowest BCUT2D eigenvalue weighted by Gasteiger charge is -2.25. The van der Waals surface area contributed by atoms with E-state index in [9.17, 15) is 17.6 Å². The minimum absolute atomic E-state index is 0.496. The van der Waals surface area contributed by atoms with Gasteiger partial charge in [-0.1, -0.05) is 88.1 Å². The molecule has 0 aliphatic carbocycles. The Hall–Kier alpha value is -4.44. The maximum atomic E-state index is 14.7. The van der Waals surface area contributed by atoms with E-state index in [2.05, 4.69) is 38.1 Å². The van der Waals surface area contributed by atoms with Crippen molar-refractivity contribution >= 4 is 21.5 Å². The third-order valence-electron chi connectivity index (χ3n) is 8.97. The van der Waals surface area contributed by atoms with Crippen LogP contribution in [-0.2, 0) is 12.8 Å². The van der Waals surface area contributed by atoms with Crippen LogP contribution in [0, 0.1) is 23.3 Å². The standard InChI is InChI=1S/C42H38F4/c1-3-5-7-17-37-39(29-19-31(43)25-32(44)20-29)23-27-13-9-11-15-35(27)41(37)42-36-16-12-10-14-28(36)24-40(38(42)18-8-6-4-2)30-21-33(45)26-34(46)22-30/h9-16,19-26H,3-8,17-18H2,1-2H3. The second-order valence-electron chi connectivity index (χ2n) is 12.2. The van der Waals surface area contributed by atoms with E-state index in [0.717, 1.165) is 106 Å². The molecular formula is C42H38F4. The molecule has 0 heterocycles. The molecular weight excluding hydrogens is 580 g/mol. The SMILES string of the molecule is CCCCCc1c(-c2cc(F)cc(F)c2)cc2ccccc2c1-c1c(CCCCC)c(-c2cc(F)cc(F)c2)cc2ccccc12. The van der Waals surface area contributed by atoms with Gasteiger partial charge in [0.2, 0.25) is 0 Å². The maximum absolute atomic E-state index is 14.7. The predicted molar refractivity (Wildman–Crippen MR) is 184 cm³/mol. The van der Waals surface area contributed by atoms with Crippen molar-refractivity contribution in [3.8, 4) is 33.4 Å². The smallest absolute Gasteiger partial charge is 0.126 e. The topological polar surface area (TPSA) is 0 Å². The number of hydrogen-bond acceptors (Lipinski definition) is 0. The number of unbranched alkanes of at least 4 members (excludes halogenated alkanes) is 4. The van der Waals surface area contributed by atoms with Crippen LogP contribution in [-0.4, -0.2) is 0 Å². The molecule has 0 bridgehead atoms. The Morgan fingerprint density at radius 2 is 0.804 bits per heavy atom. The minimum atomic E-state index is -0.620. The third kappa shape index (κ3) is 6.44. The summed E-state index contributed by atoms with van der Waals surface area (Å²) in [6, 6.07) is 27.9. The van der Waals surface area contributed by atoms with Gasteiger partial charge in [-0.15, -0.1) is 0 Å². The monoisotopic (exact) mass is 618 g/mol. The Bertz CT molecular complexity index is 1840. The maximum Gasteiger partial charge on any atom is 0.126 e. The number of halogens is 4. The van der Waals surface area contributed by atoms with Crippen molar-refractivity contribution in [2.24, 2.45) is 0 Å². The molecule has 0 saturated heterocycles. The van der Waals surface area contributed by atoms with Crippen LogP contribution in [0.2, 0.25) is 0 Å². The van der Waals surface area contributed by atoms with Gasteiger partial charge in [-0.2, -0.15) is 0 Å². The number of rotatable bonds is 11. The van der Waals surface area contributed by atoms with Gasteiger partial charge < -0.3 is 0 Å². The van der Waals surface area contributed by atoms with Crippen LogP contribution in [0.3, 0.4) is 0 Å².